The average Bonchev–Trinajstić information content (AvgIpc) is 3.56. The summed E-state index contributed by atoms with van der Waals surface area (Å²) in [6, 6.07) is 9.24. The molecule has 1 aromatic carbocycles. The first-order valence-corrected chi connectivity index (χ1v) is 9.80. The van der Waals surface area contributed by atoms with Gasteiger partial charge in [0.15, 0.2) is 5.76 Å². The lowest BCUT2D eigenvalue weighted by molar-refractivity contribution is -0.192. The Labute approximate surface area is 190 Å². The number of amides is 1. The molecule has 1 aliphatic heterocycles. The molecule has 1 fully saturated rings. The van der Waals surface area contributed by atoms with E-state index in [1.807, 2.05) is 6.20 Å². The highest BCUT2D eigenvalue weighted by Gasteiger charge is 2.38. The molecule has 14 heteroatoms. The molecule has 2 atom stereocenters. The van der Waals surface area contributed by atoms with Crippen LogP contribution in [-0.2, 0) is 11.3 Å². The van der Waals surface area contributed by atoms with Crippen LogP contribution in [0.1, 0.15) is 22.7 Å². The number of carbonyl (C=O) groups is 2. The van der Waals surface area contributed by atoms with E-state index in [1.165, 1.54) is 6.20 Å². The SMILES string of the molecule is N#Cc1cccc(-c2cnc(C(=O)N[C@H]3CN[C@H](Cn4ccnn4)C3)o2)c1.O=C(O)C(F)(F)F. The van der Waals surface area contributed by atoms with Crippen molar-refractivity contribution in [3.8, 4) is 17.4 Å². The van der Waals surface area contributed by atoms with Crippen LogP contribution in [-0.4, -0.2) is 61.8 Å². The largest absolute Gasteiger partial charge is 0.490 e. The van der Waals surface area contributed by atoms with Crippen molar-refractivity contribution < 1.29 is 32.3 Å². The summed E-state index contributed by atoms with van der Waals surface area (Å²) in [7, 11) is 0. The van der Waals surface area contributed by atoms with Gasteiger partial charge < -0.3 is 20.2 Å². The minimum absolute atomic E-state index is 0.00656. The highest BCUT2D eigenvalue weighted by atomic mass is 19.4. The number of halogens is 3. The van der Waals surface area contributed by atoms with Crippen molar-refractivity contribution in [2.75, 3.05) is 6.54 Å². The second kappa shape index (κ2) is 10.6. The Kier molecular flexibility index (Phi) is 7.59. The first-order chi connectivity index (χ1) is 16.2. The van der Waals surface area contributed by atoms with Crippen LogP contribution in [0.4, 0.5) is 13.2 Å². The first kappa shape index (κ1) is 24.4. The van der Waals surface area contributed by atoms with Crippen molar-refractivity contribution in [3.05, 3.63) is 54.3 Å². The van der Waals surface area contributed by atoms with Crippen molar-refractivity contribution in [2.45, 2.75) is 31.2 Å². The van der Waals surface area contributed by atoms with Gasteiger partial charge in [-0.15, -0.1) is 5.10 Å². The van der Waals surface area contributed by atoms with Crippen LogP contribution in [0, 0.1) is 11.3 Å². The summed E-state index contributed by atoms with van der Waals surface area (Å²) in [5.74, 6) is -2.66. The summed E-state index contributed by atoms with van der Waals surface area (Å²) in [6.45, 7) is 1.37. The Morgan fingerprint density at radius 2 is 2.15 bits per heavy atom. The summed E-state index contributed by atoms with van der Waals surface area (Å²) >= 11 is 0. The number of hydrogen-bond donors (Lipinski definition) is 3. The maximum Gasteiger partial charge on any atom is 0.490 e. The molecule has 0 saturated carbocycles. The summed E-state index contributed by atoms with van der Waals surface area (Å²) in [5.41, 5.74) is 1.22. The second-order valence-corrected chi connectivity index (χ2v) is 7.16. The van der Waals surface area contributed by atoms with Crippen LogP contribution >= 0.6 is 0 Å². The van der Waals surface area contributed by atoms with Crippen LogP contribution in [0.5, 0.6) is 0 Å². The van der Waals surface area contributed by atoms with Gasteiger partial charge >= 0.3 is 18.1 Å². The highest BCUT2D eigenvalue weighted by Crippen LogP contribution is 2.21. The molecule has 11 nitrogen and oxygen atoms in total. The van der Waals surface area contributed by atoms with Crippen LogP contribution < -0.4 is 10.6 Å². The zero-order valence-electron chi connectivity index (χ0n) is 17.4. The van der Waals surface area contributed by atoms with Crippen LogP contribution in [0.25, 0.3) is 11.3 Å². The summed E-state index contributed by atoms with van der Waals surface area (Å²) in [5, 5.41) is 30.1. The average molecular weight is 477 g/mol. The third-order valence-corrected chi connectivity index (χ3v) is 4.66. The molecule has 3 N–H and O–H groups in total. The van der Waals surface area contributed by atoms with E-state index in [0.717, 1.165) is 6.42 Å². The monoisotopic (exact) mass is 477 g/mol. The Hall–Kier alpha value is -4.25. The highest BCUT2D eigenvalue weighted by molar-refractivity contribution is 5.90. The van der Waals surface area contributed by atoms with E-state index in [-0.39, 0.29) is 23.9 Å². The lowest BCUT2D eigenvalue weighted by Gasteiger charge is -2.11. The number of rotatable bonds is 5. The first-order valence-electron chi connectivity index (χ1n) is 9.80. The fourth-order valence-electron chi connectivity index (χ4n) is 3.13. The van der Waals surface area contributed by atoms with E-state index in [2.05, 4.69) is 32.0 Å². The third-order valence-electron chi connectivity index (χ3n) is 4.66. The van der Waals surface area contributed by atoms with Crippen molar-refractivity contribution in [3.63, 3.8) is 0 Å². The van der Waals surface area contributed by atoms with Gasteiger partial charge in [0.25, 0.3) is 5.89 Å². The molecule has 1 saturated heterocycles. The van der Waals surface area contributed by atoms with Gasteiger partial charge in [-0.1, -0.05) is 17.3 Å². The minimum atomic E-state index is -5.08. The number of nitrogens with zero attached hydrogens (tertiary/aromatic N) is 5. The lowest BCUT2D eigenvalue weighted by atomic mass is 10.1. The Morgan fingerprint density at radius 1 is 1.38 bits per heavy atom. The Bertz CT molecular complexity index is 1170. The van der Waals surface area contributed by atoms with Gasteiger partial charge in [-0.2, -0.15) is 18.4 Å². The van der Waals surface area contributed by atoms with Gasteiger partial charge in [0.2, 0.25) is 0 Å². The van der Waals surface area contributed by atoms with Gasteiger partial charge in [-0.3, -0.25) is 9.48 Å². The molecule has 0 aliphatic carbocycles. The smallest absolute Gasteiger partial charge is 0.475 e. The fourth-order valence-corrected chi connectivity index (χ4v) is 3.13. The number of nitrogens with one attached hydrogen (secondary N) is 2. The number of carbonyl (C=O) groups excluding carboxylic acids is 1. The zero-order valence-corrected chi connectivity index (χ0v) is 17.4. The standard InChI is InChI=1S/C18H17N7O2.C2HF3O2/c19-8-12-2-1-3-13(6-12)16-10-21-18(27-16)17(26)23-14-7-15(20-9-14)11-25-5-4-22-24-25;3-2(4,5)1(6)7/h1-6,10,14-15,20H,7,9,11H2,(H,23,26);(H,6,7)/t14-,15+;/m1./s1. The number of carboxylic acid groups (broad SMARTS) is 1. The molecule has 0 unspecified atom stereocenters. The van der Waals surface area contributed by atoms with E-state index < -0.39 is 12.1 Å². The number of aromatic nitrogens is 4. The number of hydrogen-bond acceptors (Lipinski definition) is 8. The van der Waals surface area contributed by atoms with Gasteiger partial charge in [0.05, 0.1) is 30.6 Å². The Morgan fingerprint density at radius 3 is 2.79 bits per heavy atom. The molecule has 1 aliphatic rings. The van der Waals surface area contributed by atoms with Crippen molar-refractivity contribution in [2.24, 2.45) is 0 Å². The van der Waals surface area contributed by atoms with Gasteiger partial charge in [0, 0.05) is 30.4 Å². The van der Waals surface area contributed by atoms with Crippen LogP contribution in [0.15, 0.2) is 47.3 Å². The number of aliphatic carboxylic acids is 1. The predicted molar refractivity (Wildman–Crippen MR) is 108 cm³/mol. The van der Waals surface area contributed by atoms with Gasteiger partial charge in [0.1, 0.15) is 0 Å². The molecule has 3 heterocycles. The molecular weight excluding hydrogens is 459 g/mol. The summed E-state index contributed by atoms with van der Waals surface area (Å²) < 4.78 is 39.1. The van der Waals surface area contributed by atoms with Gasteiger partial charge in [-0.25, -0.2) is 9.78 Å². The fraction of sp³-hybridized carbons (Fsp3) is 0.300. The van der Waals surface area contributed by atoms with Crippen molar-refractivity contribution in [1.82, 2.24) is 30.6 Å². The molecule has 178 valence electrons. The van der Waals surface area contributed by atoms with Crippen LogP contribution in [0.3, 0.4) is 0 Å². The molecule has 0 bridgehead atoms. The number of oxazole rings is 1. The summed E-state index contributed by atoms with van der Waals surface area (Å²) in [4.78, 5) is 25.4. The number of benzene rings is 1. The van der Waals surface area contributed by atoms with E-state index in [0.29, 0.717) is 30.0 Å². The number of carboxylic acids is 1. The maximum atomic E-state index is 12.4. The van der Waals surface area contributed by atoms with Crippen molar-refractivity contribution >= 4 is 11.9 Å². The maximum absolute atomic E-state index is 12.4. The molecule has 1 amide bonds. The summed E-state index contributed by atoms with van der Waals surface area (Å²) in [6.07, 6.45) is 0.638. The molecular formula is C20H18F3N7O4. The quantitative estimate of drug-likeness (QED) is 0.496. The van der Waals surface area contributed by atoms with E-state index in [1.54, 1.807) is 35.1 Å². The topological polar surface area (TPSA) is 159 Å². The Balaban J connectivity index is 0.000000406. The zero-order chi connectivity index (χ0) is 24.7. The van der Waals surface area contributed by atoms with E-state index in [9.17, 15) is 18.0 Å². The molecule has 2 aromatic heterocycles. The predicted octanol–water partition coefficient (Wildman–Crippen LogP) is 1.60. The third kappa shape index (κ3) is 6.62. The van der Waals surface area contributed by atoms with E-state index >= 15 is 0 Å². The molecule has 34 heavy (non-hydrogen) atoms. The minimum Gasteiger partial charge on any atom is -0.475 e. The molecule has 3 aromatic rings. The lowest BCUT2D eigenvalue weighted by Crippen LogP contribution is -2.36. The van der Waals surface area contributed by atoms with Gasteiger partial charge in [-0.05, 0) is 18.6 Å². The molecule has 0 spiro atoms. The second-order valence-electron chi connectivity index (χ2n) is 7.16. The number of nitriles is 1. The number of alkyl halides is 3. The van der Waals surface area contributed by atoms with Crippen LogP contribution in [0.2, 0.25) is 0 Å². The normalized spacial score (nSPS) is 17.4. The molecule has 4 rings (SSSR count). The molecule has 0 radical (unpaired) electrons. The van der Waals surface area contributed by atoms with Crippen molar-refractivity contribution in [1.29, 1.82) is 5.26 Å². The van der Waals surface area contributed by atoms with E-state index in [4.69, 9.17) is 19.6 Å².